The van der Waals surface area contributed by atoms with Gasteiger partial charge in [-0.15, -0.1) is 6.58 Å². The summed E-state index contributed by atoms with van der Waals surface area (Å²) >= 11 is 0. The van der Waals surface area contributed by atoms with Gasteiger partial charge in [-0.25, -0.2) is 4.79 Å². The van der Waals surface area contributed by atoms with Gasteiger partial charge in [0.2, 0.25) is 5.91 Å². The van der Waals surface area contributed by atoms with Gasteiger partial charge in [-0.1, -0.05) is 6.08 Å². The minimum absolute atomic E-state index is 0.136. The minimum atomic E-state index is -1.21. The molecule has 0 aromatic rings. The zero-order valence-corrected chi connectivity index (χ0v) is 7.26. The van der Waals surface area contributed by atoms with Crippen LogP contribution in [0, 0.1) is 0 Å². The van der Waals surface area contributed by atoms with Crippen molar-refractivity contribution in [3.63, 3.8) is 0 Å². The van der Waals surface area contributed by atoms with Crippen molar-refractivity contribution in [1.29, 1.82) is 0 Å². The van der Waals surface area contributed by atoms with E-state index in [0.29, 0.717) is 0 Å². The molecule has 0 heterocycles. The molecule has 0 atom stereocenters. The molecule has 0 aliphatic carbocycles. The van der Waals surface area contributed by atoms with Crippen LogP contribution in [0.5, 0.6) is 0 Å². The highest BCUT2D eigenvalue weighted by Gasteiger charge is 2.28. The Hall–Kier alpha value is -1.32. The second-order valence-corrected chi connectivity index (χ2v) is 2.97. The Kier molecular flexibility index (Phi) is 3.47. The van der Waals surface area contributed by atoms with Crippen LogP contribution >= 0.6 is 0 Å². The van der Waals surface area contributed by atoms with Crippen LogP contribution in [0.25, 0.3) is 0 Å². The third kappa shape index (κ3) is 3.18. The number of hydrogen-bond donors (Lipinski definition) is 2. The molecule has 0 radical (unpaired) electrons. The molecule has 0 saturated heterocycles. The Bertz CT molecular complexity index is 208. The molecule has 0 fully saturated rings. The zero-order chi connectivity index (χ0) is 9.78. The maximum absolute atomic E-state index is 10.9. The molecule has 0 unspecified atom stereocenters. The van der Waals surface area contributed by atoms with Crippen LogP contribution in [-0.2, 0) is 9.59 Å². The van der Waals surface area contributed by atoms with Gasteiger partial charge in [0.15, 0.2) is 0 Å². The summed E-state index contributed by atoms with van der Waals surface area (Å²) < 4.78 is 0. The molecule has 12 heavy (non-hydrogen) atoms. The van der Waals surface area contributed by atoms with Crippen LogP contribution in [0.3, 0.4) is 0 Å². The summed E-state index contributed by atoms with van der Waals surface area (Å²) in [5.74, 6) is -1.39. The van der Waals surface area contributed by atoms with Gasteiger partial charge < -0.3 is 10.4 Å². The summed E-state index contributed by atoms with van der Waals surface area (Å²) in [6.45, 7) is 6.22. The molecule has 4 heteroatoms. The third-order valence-electron chi connectivity index (χ3n) is 1.32. The molecule has 0 bridgehead atoms. The van der Waals surface area contributed by atoms with Crippen LogP contribution in [0.15, 0.2) is 12.7 Å². The zero-order valence-electron chi connectivity index (χ0n) is 7.26. The Labute approximate surface area is 71.3 Å². The first kappa shape index (κ1) is 10.7. The molecular formula is C8H13NO3. The average Bonchev–Trinajstić information content (AvgIpc) is 1.85. The van der Waals surface area contributed by atoms with E-state index in [4.69, 9.17) is 5.11 Å². The van der Waals surface area contributed by atoms with Crippen molar-refractivity contribution in [2.45, 2.75) is 25.8 Å². The molecule has 68 valence electrons. The van der Waals surface area contributed by atoms with E-state index in [1.807, 2.05) is 0 Å². The van der Waals surface area contributed by atoms with Crippen LogP contribution in [0.2, 0.25) is 0 Å². The lowest BCUT2D eigenvalue weighted by Gasteiger charge is -2.20. The summed E-state index contributed by atoms with van der Waals surface area (Å²) in [6.07, 6.45) is 1.56. The molecule has 4 nitrogen and oxygen atoms in total. The molecule has 0 aliphatic rings. The van der Waals surface area contributed by atoms with Crippen molar-refractivity contribution in [2.75, 3.05) is 0 Å². The van der Waals surface area contributed by atoms with Gasteiger partial charge in [-0.2, -0.15) is 0 Å². The van der Waals surface area contributed by atoms with E-state index in [2.05, 4.69) is 11.9 Å². The highest BCUT2D eigenvalue weighted by atomic mass is 16.4. The van der Waals surface area contributed by atoms with E-state index in [1.54, 1.807) is 0 Å². The number of amides is 1. The number of nitrogens with one attached hydrogen (secondary N) is 1. The lowest BCUT2D eigenvalue weighted by Crippen LogP contribution is -2.49. The van der Waals surface area contributed by atoms with Crippen LogP contribution in [-0.4, -0.2) is 22.5 Å². The first-order valence-electron chi connectivity index (χ1n) is 3.55. The molecule has 0 rings (SSSR count). The topological polar surface area (TPSA) is 66.4 Å². The Morgan fingerprint density at radius 3 is 2.42 bits per heavy atom. The van der Waals surface area contributed by atoms with Crippen molar-refractivity contribution in [3.05, 3.63) is 12.7 Å². The van der Waals surface area contributed by atoms with Crippen LogP contribution < -0.4 is 5.32 Å². The molecule has 0 aliphatic heterocycles. The maximum Gasteiger partial charge on any atom is 0.328 e. The summed E-state index contributed by atoms with van der Waals surface area (Å²) in [6, 6.07) is 0. The fourth-order valence-corrected chi connectivity index (χ4v) is 0.584. The molecule has 0 saturated carbocycles. The third-order valence-corrected chi connectivity index (χ3v) is 1.32. The second kappa shape index (κ2) is 3.90. The summed E-state index contributed by atoms with van der Waals surface area (Å²) in [7, 11) is 0. The van der Waals surface area contributed by atoms with Crippen molar-refractivity contribution in [1.82, 2.24) is 5.32 Å². The van der Waals surface area contributed by atoms with E-state index in [0.717, 1.165) is 0 Å². The van der Waals surface area contributed by atoms with Crippen molar-refractivity contribution >= 4 is 11.9 Å². The number of carboxylic acid groups (broad SMARTS) is 1. The van der Waals surface area contributed by atoms with Gasteiger partial charge in [-0.05, 0) is 13.8 Å². The number of aliphatic carboxylic acids is 1. The highest BCUT2D eigenvalue weighted by molar-refractivity contribution is 5.86. The fraction of sp³-hybridized carbons (Fsp3) is 0.500. The van der Waals surface area contributed by atoms with E-state index < -0.39 is 11.5 Å². The van der Waals surface area contributed by atoms with Gasteiger partial charge in [0.25, 0.3) is 0 Å². The first-order chi connectivity index (χ1) is 5.40. The van der Waals surface area contributed by atoms with Crippen molar-refractivity contribution < 1.29 is 14.7 Å². The van der Waals surface area contributed by atoms with E-state index in [-0.39, 0.29) is 12.3 Å². The highest BCUT2D eigenvalue weighted by Crippen LogP contribution is 2.01. The predicted octanol–water partition coefficient (Wildman–Crippen LogP) is 0.542. The van der Waals surface area contributed by atoms with Gasteiger partial charge in [-0.3, -0.25) is 4.79 Å². The fourth-order valence-electron chi connectivity index (χ4n) is 0.584. The van der Waals surface area contributed by atoms with Gasteiger partial charge in [0.1, 0.15) is 5.54 Å². The number of carboxylic acids is 1. The largest absolute Gasteiger partial charge is 0.480 e. The molecule has 2 N–H and O–H groups in total. The first-order valence-corrected chi connectivity index (χ1v) is 3.55. The van der Waals surface area contributed by atoms with E-state index in [1.165, 1.54) is 19.9 Å². The van der Waals surface area contributed by atoms with Crippen LogP contribution in [0.4, 0.5) is 0 Å². The molecular weight excluding hydrogens is 158 g/mol. The Morgan fingerprint density at radius 1 is 1.58 bits per heavy atom. The Balaban J connectivity index is 4.14. The lowest BCUT2D eigenvalue weighted by molar-refractivity contribution is -0.145. The molecule has 0 aromatic carbocycles. The molecule has 0 aromatic heterocycles. The van der Waals surface area contributed by atoms with Crippen LogP contribution in [0.1, 0.15) is 20.3 Å². The van der Waals surface area contributed by atoms with E-state index >= 15 is 0 Å². The summed E-state index contributed by atoms with van der Waals surface area (Å²) in [5.41, 5.74) is -1.21. The van der Waals surface area contributed by atoms with Gasteiger partial charge in [0, 0.05) is 6.42 Å². The number of carbonyl (C=O) groups excluding carboxylic acids is 1. The quantitative estimate of drug-likeness (QED) is 0.607. The number of rotatable bonds is 4. The monoisotopic (exact) mass is 171 g/mol. The normalized spacial score (nSPS) is 10.5. The Morgan fingerprint density at radius 2 is 2.08 bits per heavy atom. The maximum atomic E-state index is 10.9. The minimum Gasteiger partial charge on any atom is -0.480 e. The predicted molar refractivity (Wildman–Crippen MR) is 44.7 cm³/mol. The van der Waals surface area contributed by atoms with Crippen molar-refractivity contribution in [2.24, 2.45) is 0 Å². The molecule has 1 amide bonds. The van der Waals surface area contributed by atoms with Crippen molar-refractivity contribution in [3.8, 4) is 0 Å². The number of hydrogen-bond acceptors (Lipinski definition) is 2. The van der Waals surface area contributed by atoms with Gasteiger partial charge in [0.05, 0.1) is 0 Å². The lowest BCUT2D eigenvalue weighted by atomic mass is 10.1. The summed E-state index contributed by atoms with van der Waals surface area (Å²) in [4.78, 5) is 21.4. The average molecular weight is 171 g/mol. The SMILES string of the molecule is C=CCC(=O)NC(C)(C)C(=O)O. The standard InChI is InChI=1S/C8H13NO3/c1-4-5-6(10)9-8(2,3)7(11)12/h4H,1,5H2,2-3H3,(H,9,10)(H,11,12). The molecule has 0 spiro atoms. The number of carbonyl (C=O) groups is 2. The second-order valence-electron chi connectivity index (χ2n) is 2.97. The van der Waals surface area contributed by atoms with Gasteiger partial charge >= 0.3 is 5.97 Å². The summed E-state index contributed by atoms with van der Waals surface area (Å²) in [5, 5.41) is 11.0. The van der Waals surface area contributed by atoms with E-state index in [9.17, 15) is 9.59 Å². The smallest absolute Gasteiger partial charge is 0.328 e.